The van der Waals surface area contributed by atoms with Crippen LogP contribution in [0.1, 0.15) is 34.1 Å². The van der Waals surface area contributed by atoms with E-state index in [-0.39, 0.29) is 11.9 Å². The van der Waals surface area contributed by atoms with Crippen LogP contribution in [-0.4, -0.2) is 31.6 Å². The Kier molecular flexibility index (Phi) is 4.34. The second kappa shape index (κ2) is 6.40. The van der Waals surface area contributed by atoms with E-state index in [1.807, 2.05) is 11.0 Å². The van der Waals surface area contributed by atoms with Gasteiger partial charge in [-0.1, -0.05) is 6.07 Å². The number of carbonyl (C=O) groups is 1. The van der Waals surface area contributed by atoms with Crippen LogP contribution in [0.15, 0.2) is 35.7 Å². The van der Waals surface area contributed by atoms with Gasteiger partial charge in [0.2, 0.25) is 0 Å². The zero-order chi connectivity index (χ0) is 15.5. The van der Waals surface area contributed by atoms with Crippen molar-refractivity contribution >= 4 is 17.2 Å². The van der Waals surface area contributed by atoms with Crippen LogP contribution < -0.4 is 9.47 Å². The summed E-state index contributed by atoms with van der Waals surface area (Å²) in [5.74, 6) is 1.25. The van der Waals surface area contributed by atoms with Crippen LogP contribution in [0.25, 0.3) is 0 Å². The zero-order valence-corrected chi connectivity index (χ0v) is 13.6. The Balaban J connectivity index is 1.93. The molecule has 1 aromatic carbocycles. The SMILES string of the molecule is COc1ccc(OC)c(C(=O)N2CCCC2c2cccs2)c1. The lowest BCUT2D eigenvalue weighted by Crippen LogP contribution is -2.30. The highest BCUT2D eigenvalue weighted by atomic mass is 32.1. The summed E-state index contributed by atoms with van der Waals surface area (Å²) in [6, 6.07) is 9.64. The van der Waals surface area contributed by atoms with Crippen LogP contribution in [0, 0.1) is 0 Å². The van der Waals surface area contributed by atoms with Gasteiger partial charge in [-0.2, -0.15) is 0 Å². The number of hydrogen-bond donors (Lipinski definition) is 0. The fourth-order valence-corrected chi connectivity index (χ4v) is 3.80. The lowest BCUT2D eigenvalue weighted by Gasteiger charge is -2.25. The third-order valence-corrected chi connectivity index (χ3v) is 5.00. The average Bonchev–Trinajstić information content (AvgIpc) is 3.23. The molecule has 3 rings (SSSR count). The Hall–Kier alpha value is -2.01. The summed E-state index contributed by atoms with van der Waals surface area (Å²) in [7, 11) is 3.18. The molecule has 4 nitrogen and oxygen atoms in total. The smallest absolute Gasteiger partial charge is 0.258 e. The number of rotatable bonds is 4. The molecule has 0 aliphatic carbocycles. The number of methoxy groups -OCH3 is 2. The van der Waals surface area contributed by atoms with Crippen LogP contribution in [0.5, 0.6) is 11.5 Å². The van der Waals surface area contributed by atoms with Gasteiger partial charge in [-0.05, 0) is 42.5 Å². The third-order valence-electron chi connectivity index (χ3n) is 4.02. The van der Waals surface area contributed by atoms with Gasteiger partial charge in [0, 0.05) is 11.4 Å². The first kappa shape index (κ1) is 14.9. The summed E-state index contributed by atoms with van der Waals surface area (Å²) >= 11 is 1.70. The Morgan fingerprint density at radius 2 is 2.14 bits per heavy atom. The summed E-state index contributed by atoms with van der Waals surface area (Å²) in [6.45, 7) is 0.780. The summed E-state index contributed by atoms with van der Waals surface area (Å²) in [4.78, 5) is 16.2. The summed E-state index contributed by atoms with van der Waals surface area (Å²) in [5, 5.41) is 2.06. The van der Waals surface area contributed by atoms with Gasteiger partial charge in [-0.25, -0.2) is 0 Å². The van der Waals surface area contributed by atoms with Gasteiger partial charge in [-0.3, -0.25) is 4.79 Å². The predicted molar refractivity (Wildman–Crippen MR) is 86.9 cm³/mol. The van der Waals surface area contributed by atoms with Gasteiger partial charge >= 0.3 is 0 Å². The molecule has 1 saturated heterocycles. The predicted octanol–water partition coefficient (Wildman–Crippen LogP) is 3.74. The number of amides is 1. The highest BCUT2D eigenvalue weighted by Gasteiger charge is 2.32. The zero-order valence-electron chi connectivity index (χ0n) is 12.7. The number of ether oxygens (including phenoxy) is 2. The Morgan fingerprint density at radius 1 is 1.27 bits per heavy atom. The topological polar surface area (TPSA) is 38.8 Å². The van der Waals surface area contributed by atoms with Gasteiger partial charge in [0.1, 0.15) is 11.5 Å². The van der Waals surface area contributed by atoms with Crippen LogP contribution in [-0.2, 0) is 0 Å². The molecule has 1 atom stereocenters. The van der Waals surface area contributed by atoms with Gasteiger partial charge in [0.15, 0.2) is 0 Å². The first-order chi connectivity index (χ1) is 10.7. The van der Waals surface area contributed by atoms with Crippen molar-refractivity contribution < 1.29 is 14.3 Å². The van der Waals surface area contributed by atoms with Crippen LogP contribution in [0.2, 0.25) is 0 Å². The number of nitrogens with zero attached hydrogens (tertiary/aromatic N) is 1. The second-order valence-corrected chi connectivity index (χ2v) is 6.22. The molecule has 5 heteroatoms. The van der Waals surface area contributed by atoms with Gasteiger partial charge in [-0.15, -0.1) is 11.3 Å². The van der Waals surface area contributed by atoms with Crippen LogP contribution in [0.4, 0.5) is 0 Å². The van der Waals surface area contributed by atoms with Crippen molar-refractivity contribution in [1.29, 1.82) is 0 Å². The molecular weight excluding hydrogens is 298 g/mol. The number of benzene rings is 1. The molecule has 0 radical (unpaired) electrons. The molecule has 2 heterocycles. The van der Waals surface area contributed by atoms with E-state index in [9.17, 15) is 4.79 Å². The Labute approximate surface area is 134 Å². The molecular formula is C17H19NO3S. The van der Waals surface area contributed by atoms with Crippen LogP contribution >= 0.6 is 11.3 Å². The molecule has 1 fully saturated rings. The van der Waals surface area contributed by atoms with E-state index >= 15 is 0 Å². The molecule has 1 unspecified atom stereocenters. The van der Waals surface area contributed by atoms with Crippen molar-refractivity contribution in [2.24, 2.45) is 0 Å². The number of likely N-dealkylation sites (tertiary alicyclic amines) is 1. The largest absolute Gasteiger partial charge is 0.497 e. The number of hydrogen-bond acceptors (Lipinski definition) is 4. The molecule has 116 valence electrons. The molecule has 1 aliphatic rings. The summed E-state index contributed by atoms with van der Waals surface area (Å²) < 4.78 is 10.6. The quantitative estimate of drug-likeness (QED) is 0.862. The Morgan fingerprint density at radius 3 is 2.82 bits per heavy atom. The van der Waals surface area contributed by atoms with E-state index in [0.29, 0.717) is 17.1 Å². The molecule has 1 amide bonds. The molecule has 0 spiro atoms. The van der Waals surface area contributed by atoms with E-state index in [4.69, 9.17) is 9.47 Å². The van der Waals surface area contributed by atoms with Gasteiger partial charge < -0.3 is 14.4 Å². The fourth-order valence-electron chi connectivity index (χ4n) is 2.92. The van der Waals surface area contributed by atoms with Crippen molar-refractivity contribution in [2.45, 2.75) is 18.9 Å². The molecule has 0 N–H and O–H groups in total. The maximum atomic E-state index is 13.0. The normalized spacial score (nSPS) is 17.5. The highest BCUT2D eigenvalue weighted by Crippen LogP contribution is 2.37. The van der Waals surface area contributed by atoms with Crippen LogP contribution in [0.3, 0.4) is 0 Å². The van der Waals surface area contributed by atoms with E-state index in [0.717, 1.165) is 19.4 Å². The molecule has 22 heavy (non-hydrogen) atoms. The van der Waals surface area contributed by atoms with Crippen molar-refractivity contribution in [3.63, 3.8) is 0 Å². The maximum absolute atomic E-state index is 13.0. The molecule has 0 saturated carbocycles. The lowest BCUT2D eigenvalue weighted by atomic mass is 10.1. The minimum absolute atomic E-state index is 0.00616. The molecule has 1 aliphatic heterocycles. The minimum Gasteiger partial charge on any atom is -0.497 e. The van der Waals surface area contributed by atoms with Crippen molar-refractivity contribution in [3.8, 4) is 11.5 Å². The standard InChI is InChI=1S/C17H19NO3S/c1-20-12-7-8-15(21-2)13(11-12)17(19)18-9-3-5-14(18)16-6-4-10-22-16/h4,6-8,10-11,14H,3,5,9H2,1-2H3. The summed E-state index contributed by atoms with van der Waals surface area (Å²) in [6.07, 6.45) is 2.04. The first-order valence-electron chi connectivity index (χ1n) is 7.31. The number of thiophene rings is 1. The lowest BCUT2D eigenvalue weighted by molar-refractivity contribution is 0.0734. The minimum atomic E-state index is 0.00616. The van der Waals surface area contributed by atoms with Crippen molar-refractivity contribution in [3.05, 3.63) is 46.2 Å². The second-order valence-electron chi connectivity index (χ2n) is 5.24. The van der Waals surface area contributed by atoms with E-state index in [1.165, 1.54) is 4.88 Å². The molecule has 0 bridgehead atoms. The summed E-state index contributed by atoms with van der Waals surface area (Å²) in [5.41, 5.74) is 0.560. The van der Waals surface area contributed by atoms with E-state index < -0.39 is 0 Å². The maximum Gasteiger partial charge on any atom is 0.258 e. The number of carbonyl (C=O) groups excluding carboxylic acids is 1. The highest BCUT2D eigenvalue weighted by molar-refractivity contribution is 7.10. The Bertz CT molecular complexity index is 654. The van der Waals surface area contributed by atoms with Gasteiger partial charge in [0.25, 0.3) is 5.91 Å². The van der Waals surface area contributed by atoms with Crippen molar-refractivity contribution in [2.75, 3.05) is 20.8 Å². The average molecular weight is 317 g/mol. The fraction of sp³-hybridized carbons (Fsp3) is 0.353. The van der Waals surface area contributed by atoms with E-state index in [1.54, 1.807) is 43.8 Å². The molecule has 2 aromatic rings. The first-order valence-corrected chi connectivity index (χ1v) is 8.19. The van der Waals surface area contributed by atoms with Crippen molar-refractivity contribution in [1.82, 2.24) is 4.90 Å². The molecule has 1 aromatic heterocycles. The van der Waals surface area contributed by atoms with E-state index in [2.05, 4.69) is 11.4 Å². The van der Waals surface area contributed by atoms with Gasteiger partial charge in [0.05, 0.1) is 25.8 Å². The third kappa shape index (κ3) is 2.68. The monoisotopic (exact) mass is 317 g/mol.